The highest BCUT2D eigenvalue weighted by Gasteiger charge is 2.14. The van der Waals surface area contributed by atoms with Crippen molar-refractivity contribution in [2.24, 2.45) is 0 Å². The third-order valence-corrected chi connectivity index (χ3v) is 5.08. The number of aromatic hydroxyl groups is 1. The van der Waals surface area contributed by atoms with Crippen LogP contribution in [0.4, 0.5) is 0 Å². The van der Waals surface area contributed by atoms with E-state index in [0.717, 1.165) is 16.5 Å². The van der Waals surface area contributed by atoms with E-state index in [1.54, 1.807) is 18.4 Å². The van der Waals surface area contributed by atoms with Gasteiger partial charge in [0.25, 0.3) is 5.91 Å². The van der Waals surface area contributed by atoms with Gasteiger partial charge in [-0.15, -0.1) is 0 Å². The molecule has 0 aliphatic carbocycles. The molecular weight excluding hydrogens is 380 g/mol. The van der Waals surface area contributed by atoms with Crippen molar-refractivity contribution in [2.75, 3.05) is 13.1 Å². The molecule has 0 saturated carbocycles. The van der Waals surface area contributed by atoms with E-state index in [-0.39, 0.29) is 24.0 Å². The summed E-state index contributed by atoms with van der Waals surface area (Å²) in [5.41, 5.74) is 4.53. The van der Waals surface area contributed by atoms with Crippen molar-refractivity contribution in [1.82, 2.24) is 10.6 Å². The van der Waals surface area contributed by atoms with Crippen LogP contribution < -0.4 is 10.6 Å². The van der Waals surface area contributed by atoms with Gasteiger partial charge >= 0.3 is 0 Å². The van der Waals surface area contributed by atoms with Crippen molar-refractivity contribution in [3.8, 4) is 5.75 Å². The zero-order valence-electron chi connectivity index (χ0n) is 17.6. The Morgan fingerprint density at radius 1 is 1.10 bits per heavy atom. The van der Waals surface area contributed by atoms with Crippen molar-refractivity contribution in [1.29, 1.82) is 0 Å². The van der Waals surface area contributed by atoms with Crippen LogP contribution in [0.2, 0.25) is 0 Å². The number of fused-ring (bicyclic) bond motifs is 1. The van der Waals surface area contributed by atoms with Crippen LogP contribution in [0, 0.1) is 6.92 Å². The summed E-state index contributed by atoms with van der Waals surface area (Å²) < 4.78 is 5.64. The molecule has 3 rings (SSSR count). The Balaban J connectivity index is 1.47. The molecule has 2 amide bonds. The Labute approximate surface area is 176 Å². The molecule has 0 aliphatic heterocycles. The van der Waals surface area contributed by atoms with Gasteiger partial charge in [-0.25, -0.2) is 0 Å². The van der Waals surface area contributed by atoms with Crippen molar-refractivity contribution in [2.45, 2.75) is 39.5 Å². The van der Waals surface area contributed by atoms with Gasteiger partial charge in [-0.2, -0.15) is 0 Å². The second kappa shape index (κ2) is 9.48. The topological polar surface area (TPSA) is 91.6 Å². The Morgan fingerprint density at radius 3 is 2.60 bits per heavy atom. The number of phenolic OH excluding ortho intramolecular Hbond substituents is 1. The quantitative estimate of drug-likeness (QED) is 0.491. The number of furan rings is 1. The molecule has 0 fully saturated rings. The fourth-order valence-corrected chi connectivity index (χ4v) is 3.51. The predicted octanol–water partition coefficient (Wildman–Crippen LogP) is 4.05. The number of benzene rings is 2. The van der Waals surface area contributed by atoms with Crippen molar-refractivity contribution in [3.63, 3.8) is 0 Å². The summed E-state index contributed by atoms with van der Waals surface area (Å²) in [5.74, 6) is 0.125. The highest BCUT2D eigenvalue weighted by Crippen LogP contribution is 2.29. The standard InChI is InChI=1S/C24H28N2O4/c1-15(2)20-13-21-18(14-30-22(21)10-16(20)3)12-23(28)25-8-5-9-26-24(29)17-6-4-7-19(27)11-17/h4,6-7,10-11,13-15,27H,5,8-9,12H2,1-3H3,(H,25,28)(H,26,29). The number of hydrogen-bond acceptors (Lipinski definition) is 4. The van der Waals surface area contributed by atoms with E-state index in [1.165, 1.54) is 23.3 Å². The summed E-state index contributed by atoms with van der Waals surface area (Å²) in [6.07, 6.45) is 2.52. The lowest BCUT2D eigenvalue weighted by molar-refractivity contribution is -0.120. The van der Waals surface area contributed by atoms with Gasteiger partial charge in [0.2, 0.25) is 5.91 Å². The zero-order chi connectivity index (χ0) is 21.7. The molecule has 0 unspecified atom stereocenters. The molecule has 1 heterocycles. The van der Waals surface area contributed by atoms with Gasteiger partial charge in [0.05, 0.1) is 12.7 Å². The first-order valence-electron chi connectivity index (χ1n) is 10.2. The molecule has 2 aromatic carbocycles. The summed E-state index contributed by atoms with van der Waals surface area (Å²) in [4.78, 5) is 24.3. The average Bonchev–Trinajstić information content (AvgIpc) is 3.08. The number of carbonyl (C=O) groups excluding carboxylic acids is 2. The smallest absolute Gasteiger partial charge is 0.251 e. The summed E-state index contributed by atoms with van der Waals surface area (Å²) in [7, 11) is 0. The van der Waals surface area contributed by atoms with E-state index in [4.69, 9.17) is 4.42 Å². The number of hydrogen-bond donors (Lipinski definition) is 3. The maximum absolute atomic E-state index is 12.3. The summed E-state index contributed by atoms with van der Waals surface area (Å²) in [5, 5.41) is 16.1. The first-order valence-corrected chi connectivity index (χ1v) is 10.2. The summed E-state index contributed by atoms with van der Waals surface area (Å²) in [6, 6.07) is 10.3. The van der Waals surface area contributed by atoms with Crippen molar-refractivity contribution in [3.05, 3.63) is 64.9 Å². The van der Waals surface area contributed by atoms with Gasteiger partial charge in [-0.3, -0.25) is 9.59 Å². The van der Waals surface area contributed by atoms with Gasteiger partial charge in [0, 0.05) is 29.6 Å². The molecule has 6 nitrogen and oxygen atoms in total. The third-order valence-electron chi connectivity index (χ3n) is 5.08. The van der Waals surface area contributed by atoms with Crippen LogP contribution >= 0.6 is 0 Å². The predicted molar refractivity (Wildman–Crippen MR) is 117 cm³/mol. The third kappa shape index (κ3) is 5.20. The Bertz CT molecular complexity index is 1050. The van der Waals surface area contributed by atoms with E-state index in [0.29, 0.717) is 31.0 Å². The van der Waals surface area contributed by atoms with Crippen LogP contribution in [-0.4, -0.2) is 30.0 Å². The number of nitrogens with one attached hydrogen (secondary N) is 2. The highest BCUT2D eigenvalue weighted by atomic mass is 16.3. The molecule has 158 valence electrons. The van der Waals surface area contributed by atoms with Crippen LogP contribution in [0.25, 0.3) is 11.0 Å². The second-order valence-electron chi connectivity index (χ2n) is 7.81. The first-order chi connectivity index (χ1) is 14.3. The van der Waals surface area contributed by atoms with E-state index < -0.39 is 0 Å². The van der Waals surface area contributed by atoms with Crippen LogP contribution in [0.3, 0.4) is 0 Å². The van der Waals surface area contributed by atoms with Gasteiger partial charge in [-0.05, 0) is 60.7 Å². The monoisotopic (exact) mass is 408 g/mol. The maximum Gasteiger partial charge on any atom is 0.251 e. The van der Waals surface area contributed by atoms with Crippen molar-refractivity contribution < 1.29 is 19.1 Å². The minimum atomic E-state index is -0.252. The van der Waals surface area contributed by atoms with Crippen molar-refractivity contribution >= 4 is 22.8 Å². The number of aryl methyl sites for hydroxylation is 1. The minimum Gasteiger partial charge on any atom is -0.508 e. The van der Waals surface area contributed by atoms with E-state index in [1.807, 2.05) is 6.07 Å². The molecule has 30 heavy (non-hydrogen) atoms. The molecule has 0 aliphatic rings. The fraction of sp³-hybridized carbons (Fsp3) is 0.333. The molecule has 3 aromatic rings. The molecule has 1 aromatic heterocycles. The highest BCUT2D eigenvalue weighted by molar-refractivity contribution is 5.94. The number of amides is 2. The Morgan fingerprint density at radius 2 is 1.87 bits per heavy atom. The molecule has 6 heteroatoms. The lowest BCUT2D eigenvalue weighted by Crippen LogP contribution is -2.30. The average molecular weight is 408 g/mol. The maximum atomic E-state index is 12.3. The largest absolute Gasteiger partial charge is 0.508 e. The molecule has 0 radical (unpaired) electrons. The van der Waals surface area contributed by atoms with Gasteiger partial charge < -0.3 is 20.2 Å². The molecule has 0 atom stereocenters. The van der Waals surface area contributed by atoms with Gasteiger partial charge in [0.15, 0.2) is 0 Å². The lowest BCUT2D eigenvalue weighted by atomic mass is 9.95. The lowest BCUT2D eigenvalue weighted by Gasteiger charge is -2.10. The SMILES string of the molecule is Cc1cc2occ(CC(=O)NCCCNC(=O)c3cccc(O)c3)c2cc1C(C)C. The molecule has 0 bridgehead atoms. The van der Waals surface area contributed by atoms with E-state index in [9.17, 15) is 14.7 Å². The Hall–Kier alpha value is -3.28. The number of rotatable bonds is 8. The normalized spacial score (nSPS) is 11.1. The molecular formula is C24H28N2O4. The van der Waals surface area contributed by atoms with E-state index in [2.05, 4.69) is 37.5 Å². The van der Waals surface area contributed by atoms with Crippen LogP contribution in [0.1, 0.15) is 53.2 Å². The number of phenols is 1. The van der Waals surface area contributed by atoms with Crippen LogP contribution in [-0.2, 0) is 11.2 Å². The minimum absolute atomic E-state index is 0.0531. The summed E-state index contributed by atoms with van der Waals surface area (Å²) >= 11 is 0. The van der Waals surface area contributed by atoms with Crippen LogP contribution in [0.15, 0.2) is 47.1 Å². The van der Waals surface area contributed by atoms with Gasteiger partial charge in [0.1, 0.15) is 11.3 Å². The Kier molecular flexibility index (Phi) is 6.77. The van der Waals surface area contributed by atoms with Gasteiger partial charge in [-0.1, -0.05) is 19.9 Å². The van der Waals surface area contributed by atoms with Crippen LogP contribution in [0.5, 0.6) is 5.75 Å². The zero-order valence-corrected chi connectivity index (χ0v) is 17.6. The number of carbonyl (C=O) groups is 2. The van der Waals surface area contributed by atoms with E-state index >= 15 is 0 Å². The molecule has 0 spiro atoms. The summed E-state index contributed by atoms with van der Waals surface area (Å²) in [6.45, 7) is 7.27. The fourth-order valence-electron chi connectivity index (χ4n) is 3.51. The first kappa shape index (κ1) is 21.4. The second-order valence-corrected chi connectivity index (χ2v) is 7.81. The molecule has 3 N–H and O–H groups in total. The molecule has 0 saturated heterocycles.